The molecule has 0 aromatic heterocycles. The summed E-state index contributed by atoms with van der Waals surface area (Å²) in [6.45, 7) is 9.94. The van der Waals surface area contributed by atoms with Gasteiger partial charge in [-0.15, -0.1) is 0 Å². The molecule has 0 bridgehead atoms. The summed E-state index contributed by atoms with van der Waals surface area (Å²) in [6.07, 6.45) is 0. The van der Waals surface area contributed by atoms with Crippen LogP contribution in [-0.4, -0.2) is 47.7 Å². The molecule has 1 saturated heterocycles. The molecule has 1 aliphatic rings. The van der Waals surface area contributed by atoms with E-state index in [4.69, 9.17) is 0 Å². The fourth-order valence-electron chi connectivity index (χ4n) is 1.44. The molecule has 15 heavy (non-hydrogen) atoms. The first-order valence-electron chi connectivity index (χ1n) is 5.73. The Hall–Kier alpha value is 0.620. The molecule has 0 saturated carbocycles. The van der Waals surface area contributed by atoms with Crippen molar-refractivity contribution >= 4 is 23.5 Å². The lowest BCUT2D eigenvalue weighted by Crippen LogP contribution is -2.41. The fourth-order valence-corrected chi connectivity index (χ4v) is 4.09. The summed E-state index contributed by atoms with van der Waals surface area (Å²) in [6, 6.07) is 0. The van der Waals surface area contributed by atoms with Crippen LogP contribution in [0.25, 0.3) is 0 Å². The molecule has 0 aromatic rings. The second kappa shape index (κ2) is 7.05. The minimum Gasteiger partial charge on any atom is -0.314 e. The molecule has 0 aliphatic carbocycles. The maximum absolute atomic E-state index is 3.53. The summed E-state index contributed by atoms with van der Waals surface area (Å²) in [5, 5.41) is 7.85. The third-order valence-corrected chi connectivity index (χ3v) is 5.06. The highest BCUT2D eigenvalue weighted by Gasteiger charge is 2.13. The average molecular weight is 248 g/mol. The molecule has 2 N–H and O–H groups in total. The highest BCUT2D eigenvalue weighted by Crippen LogP contribution is 2.23. The van der Waals surface area contributed by atoms with Crippen LogP contribution in [0.1, 0.15) is 20.8 Å². The van der Waals surface area contributed by atoms with E-state index in [-0.39, 0.29) is 5.54 Å². The van der Waals surface area contributed by atoms with Gasteiger partial charge in [-0.05, 0) is 20.8 Å². The third-order valence-electron chi connectivity index (χ3n) is 2.21. The zero-order chi connectivity index (χ0) is 11.1. The molecule has 0 spiro atoms. The molecule has 2 nitrogen and oxygen atoms in total. The Morgan fingerprint density at radius 2 is 2.00 bits per heavy atom. The van der Waals surface area contributed by atoms with Gasteiger partial charge >= 0.3 is 0 Å². The van der Waals surface area contributed by atoms with Crippen molar-refractivity contribution in [2.24, 2.45) is 0 Å². The Morgan fingerprint density at radius 3 is 2.60 bits per heavy atom. The maximum Gasteiger partial charge on any atom is 0.0263 e. The number of nitrogens with one attached hydrogen (secondary N) is 2. The van der Waals surface area contributed by atoms with E-state index in [0.717, 1.165) is 18.3 Å². The van der Waals surface area contributed by atoms with Crippen LogP contribution in [0, 0.1) is 0 Å². The van der Waals surface area contributed by atoms with Gasteiger partial charge in [0.1, 0.15) is 0 Å². The van der Waals surface area contributed by atoms with Crippen LogP contribution < -0.4 is 10.6 Å². The summed E-state index contributed by atoms with van der Waals surface area (Å²) in [4.78, 5) is 0. The predicted octanol–water partition coefficient (Wildman–Crippen LogP) is 1.81. The van der Waals surface area contributed by atoms with Crippen LogP contribution in [0.5, 0.6) is 0 Å². The van der Waals surface area contributed by atoms with Crippen LogP contribution in [0.3, 0.4) is 0 Å². The van der Waals surface area contributed by atoms with Gasteiger partial charge in [0.25, 0.3) is 0 Å². The predicted molar refractivity (Wildman–Crippen MR) is 74.2 cm³/mol. The molecule has 1 heterocycles. The summed E-state index contributed by atoms with van der Waals surface area (Å²) in [5.74, 6) is 3.99. The van der Waals surface area contributed by atoms with Crippen LogP contribution >= 0.6 is 23.5 Å². The highest BCUT2D eigenvalue weighted by atomic mass is 32.2. The van der Waals surface area contributed by atoms with E-state index >= 15 is 0 Å². The Balaban J connectivity index is 1.92. The van der Waals surface area contributed by atoms with Crippen molar-refractivity contribution < 1.29 is 0 Å². The van der Waals surface area contributed by atoms with Gasteiger partial charge in [-0.1, -0.05) is 0 Å². The van der Waals surface area contributed by atoms with Crippen molar-refractivity contribution in [1.29, 1.82) is 0 Å². The first-order chi connectivity index (χ1) is 7.08. The Labute approximate surface area is 103 Å². The van der Waals surface area contributed by atoms with E-state index < -0.39 is 0 Å². The van der Waals surface area contributed by atoms with Gasteiger partial charge in [-0.2, -0.15) is 23.5 Å². The normalized spacial score (nSPS) is 23.0. The van der Waals surface area contributed by atoms with Gasteiger partial charge in [-0.3, -0.25) is 0 Å². The molecular formula is C11H24N2S2. The van der Waals surface area contributed by atoms with E-state index in [9.17, 15) is 0 Å². The molecule has 1 rings (SSSR count). The largest absolute Gasteiger partial charge is 0.314 e. The standard InChI is InChI=1S/C11H24N2S2/c1-11(2,3)13-5-4-12-8-10-9-14-6-7-15-10/h10,12-13H,4-9H2,1-3H3. The van der Waals surface area contributed by atoms with Gasteiger partial charge in [-0.25, -0.2) is 0 Å². The first kappa shape index (κ1) is 13.7. The van der Waals surface area contributed by atoms with Crippen LogP contribution in [-0.2, 0) is 0 Å². The fraction of sp³-hybridized carbons (Fsp3) is 1.00. The lowest BCUT2D eigenvalue weighted by atomic mass is 10.1. The third kappa shape index (κ3) is 7.50. The molecule has 1 aliphatic heterocycles. The van der Waals surface area contributed by atoms with Crippen molar-refractivity contribution in [2.75, 3.05) is 36.9 Å². The Morgan fingerprint density at radius 1 is 1.20 bits per heavy atom. The minimum atomic E-state index is 0.247. The van der Waals surface area contributed by atoms with Crippen molar-refractivity contribution in [3.63, 3.8) is 0 Å². The summed E-state index contributed by atoms with van der Waals surface area (Å²) in [7, 11) is 0. The first-order valence-corrected chi connectivity index (χ1v) is 7.93. The Bertz CT molecular complexity index is 162. The molecule has 0 radical (unpaired) electrons. The topological polar surface area (TPSA) is 24.1 Å². The smallest absolute Gasteiger partial charge is 0.0263 e. The molecule has 1 unspecified atom stereocenters. The number of hydrogen-bond acceptors (Lipinski definition) is 4. The van der Waals surface area contributed by atoms with Crippen LogP contribution in [0.4, 0.5) is 0 Å². The molecule has 1 fully saturated rings. The molecule has 0 amide bonds. The number of hydrogen-bond donors (Lipinski definition) is 2. The monoisotopic (exact) mass is 248 g/mol. The van der Waals surface area contributed by atoms with Gasteiger partial charge in [0.05, 0.1) is 0 Å². The van der Waals surface area contributed by atoms with Gasteiger partial charge < -0.3 is 10.6 Å². The Kier molecular flexibility index (Phi) is 6.43. The molecule has 1 atom stereocenters. The van der Waals surface area contributed by atoms with Gasteiger partial charge in [0.15, 0.2) is 0 Å². The van der Waals surface area contributed by atoms with E-state index in [1.807, 2.05) is 0 Å². The molecule has 4 heteroatoms. The minimum absolute atomic E-state index is 0.247. The van der Waals surface area contributed by atoms with Gasteiger partial charge in [0, 0.05) is 47.7 Å². The number of thioether (sulfide) groups is 2. The lowest BCUT2D eigenvalue weighted by molar-refractivity contribution is 0.422. The summed E-state index contributed by atoms with van der Waals surface area (Å²) in [5.41, 5.74) is 0.247. The van der Waals surface area contributed by atoms with Crippen LogP contribution in [0.15, 0.2) is 0 Å². The molecular weight excluding hydrogens is 224 g/mol. The van der Waals surface area contributed by atoms with Gasteiger partial charge in [0.2, 0.25) is 0 Å². The maximum atomic E-state index is 3.53. The number of rotatable bonds is 5. The molecule has 90 valence electrons. The second-order valence-corrected chi connectivity index (χ2v) is 7.51. The van der Waals surface area contributed by atoms with Crippen LogP contribution in [0.2, 0.25) is 0 Å². The van der Waals surface area contributed by atoms with Crippen molar-refractivity contribution in [3.8, 4) is 0 Å². The van der Waals surface area contributed by atoms with E-state index in [1.54, 1.807) is 0 Å². The zero-order valence-corrected chi connectivity index (χ0v) is 11.8. The van der Waals surface area contributed by atoms with Crippen molar-refractivity contribution in [1.82, 2.24) is 10.6 Å². The summed E-state index contributed by atoms with van der Waals surface area (Å²) < 4.78 is 0. The van der Waals surface area contributed by atoms with E-state index in [2.05, 4.69) is 54.9 Å². The second-order valence-electron chi connectivity index (χ2n) is 4.95. The summed E-state index contributed by atoms with van der Waals surface area (Å²) >= 11 is 4.22. The SMILES string of the molecule is CC(C)(C)NCCNCC1CSCCS1. The van der Waals surface area contributed by atoms with Crippen molar-refractivity contribution in [3.05, 3.63) is 0 Å². The van der Waals surface area contributed by atoms with Crippen molar-refractivity contribution in [2.45, 2.75) is 31.6 Å². The van der Waals surface area contributed by atoms with E-state index in [1.165, 1.54) is 23.8 Å². The average Bonchev–Trinajstić information content (AvgIpc) is 2.17. The van der Waals surface area contributed by atoms with E-state index in [0.29, 0.717) is 0 Å². The zero-order valence-electron chi connectivity index (χ0n) is 10.1. The molecule has 0 aromatic carbocycles. The quantitative estimate of drug-likeness (QED) is 0.725. The highest BCUT2D eigenvalue weighted by molar-refractivity contribution is 8.06. The lowest BCUT2D eigenvalue weighted by Gasteiger charge is -2.23.